The van der Waals surface area contributed by atoms with Crippen LogP contribution in [0.2, 0.25) is 10.0 Å². The van der Waals surface area contributed by atoms with Gasteiger partial charge in [0.1, 0.15) is 5.69 Å². The molecule has 2 aromatic rings. The number of hydrogen-bond acceptors (Lipinski definition) is 8. The molecule has 0 bridgehead atoms. The Morgan fingerprint density at radius 2 is 2.22 bits per heavy atom. The molecule has 1 aromatic heterocycles. The van der Waals surface area contributed by atoms with Crippen LogP contribution in [0, 0.1) is 0 Å². The number of methoxy groups -OCH3 is 1. The van der Waals surface area contributed by atoms with Crippen molar-refractivity contribution in [1.29, 1.82) is 0 Å². The predicted octanol–water partition coefficient (Wildman–Crippen LogP) is 1.60. The molecule has 2 heterocycles. The van der Waals surface area contributed by atoms with Crippen molar-refractivity contribution < 1.29 is 9.84 Å². The first-order valence-corrected chi connectivity index (χ1v) is 9.35. The van der Waals surface area contributed by atoms with Gasteiger partial charge in [-0.3, -0.25) is 0 Å². The average molecular weight is 413 g/mol. The van der Waals surface area contributed by atoms with E-state index >= 15 is 0 Å². The van der Waals surface area contributed by atoms with Gasteiger partial charge < -0.3 is 25.8 Å². The molecule has 3 rings (SSSR count). The normalized spacial score (nSPS) is 18.1. The Bertz CT molecular complexity index is 794. The number of ether oxygens (including phenoxy) is 1. The van der Waals surface area contributed by atoms with E-state index in [1.165, 1.54) is 0 Å². The number of nitrogens with zero attached hydrogens (tertiary/aromatic N) is 4. The molecule has 8 nitrogen and oxygen atoms in total. The molecule has 0 aliphatic carbocycles. The molecule has 4 N–H and O–H groups in total. The number of aliphatic hydroxyl groups is 1. The standard InChI is InChI=1S/C17H22Cl2N6O2/c1-27-9-11(26)7-21-10-5-6-25(8-10)17-22-16(20)15(23-24-17)12-3-2-4-13(18)14(12)19/h2-4,10-11,21,26H,5-9H2,1H3,(H2,20,22,24)/t10-,11?/m1/s1. The number of benzene rings is 1. The highest BCUT2D eigenvalue weighted by atomic mass is 35.5. The lowest BCUT2D eigenvalue weighted by atomic mass is 10.1. The summed E-state index contributed by atoms with van der Waals surface area (Å²) in [5, 5.41) is 22.3. The van der Waals surface area contributed by atoms with Gasteiger partial charge in [0.05, 0.1) is 22.8 Å². The number of rotatable bonds is 7. The summed E-state index contributed by atoms with van der Waals surface area (Å²) < 4.78 is 4.93. The van der Waals surface area contributed by atoms with Crippen molar-refractivity contribution in [2.75, 3.05) is 44.0 Å². The number of hydrogen-bond donors (Lipinski definition) is 3. The van der Waals surface area contributed by atoms with E-state index in [-0.39, 0.29) is 11.9 Å². The maximum Gasteiger partial charge on any atom is 0.247 e. The van der Waals surface area contributed by atoms with Gasteiger partial charge in [-0.15, -0.1) is 10.2 Å². The van der Waals surface area contributed by atoms with E-state index in [0.717, 1.165) is 13.0 Å². The van der Waals surface area contributed by atoms with Crippen LogP contribution in [-0.4, -0.2) is 65.8 Å². The monoisotopic (exact) mass is 412 g/mol. The highest BCUT2D eigenvalue weighted by molar-refractivity contribution is 6.43. The molecule has 1 aromatic carbocycles. The van der Waals surface area contributed by atoms with Crippen molar-refractivity contribution in [1.82, 2.24) is 20.5 Å². The van der Waals surface area contributed by atoms with E-state index in [0.29, 0.717) is 46.9 Å². The minimum absolute atomic E-state index is 0.225. The van der Waals surface area contributed by atoms with Gasteiger partial charge in [-0.05, 0) is 12.5 Å². The lowest BCUT2D eigenvalue weighted by molar-refractivity contribution is 0.0631. The molecular formula is C17H22Cl2N6O2. The lowest BCUT2D eigenvalue weighted by Crippen LogP contribution is -2.39. The average Bonchev–Trinajstić information content (AvgIpc) is 3.12. The van der Waals surface area contributed by atoms with E-state index in [2.05, 4.69) is 20.5 Å². The predicted molar refractivity (Wildman–Crippen MR) is 106 cm³/mol. The van der Waals surface area contributed by atoms with Crippen LogP contribution in [0.5, 0.6) is 0 Å². The molecule has 2 atom stereocenters. The zero-order valence-corrected chi connectivity index (χ0v) is 16.4. The van der Waals surface area contributed by atoms with Crippen LogP contribution in [0.3, 0.4) is 0 Å². The third-order valence-corrected chi connectivity index (χ3v) is 5.20. The minimum atomic E-state index is -0.528. The Morgan fingerprint density at radius 3 is 2.96 bits per heavy atom. The molecule has 1 aliphatic rings. The van der Waals surface area contributed by atoms with Crippen LogP contribution >= 0.6 is 23.2 Å². The summed E-state index contributed by atoms with van der Waals surface area (Å²) in [6.45, 7) is 2.26. The van der Waals surface area contributed by atoms with Gasteiger partial charge in [-0.25, -0.2) is 0 Å². The number of aliphatic hydroxyl groups excluding tert-OH is 1. The molecule has 1 unspecified atom stereocenters. The molecule has 0 radical (unpaired) electrons. The van der Waals surface area contributed by atoms with Gasteiger partial charge >= 0.3 is 0 Å². The maximum atomic E-state index is 9.74. The number of aromatic nitrogens is 3. The minimum Gasteiger partial charge on any atom is -0.389 e. The first-order chi connectivity index (χ1) is 13.0. The molecule has 1 saturated heterocycles. The van der Waals surface area contributed by atoms with Crippen molar-refractivity contribution in [3.05, 3.63) is 28.2 Å². The number of anilines is 2. The van der Waals surface area contributed by atoms with Crippen LogP contribution in [0.25, 0.3) is 11.3 Å². The van der Waals surface area contributed by atoms with Crippen LogP contribution in [0.4, 0.5) is 11.8 Å². The van der Waals surface area contributed by atoms with E-state index in [9.17, 15) is 5.11 Å². The zero-order valence-electron chi connectivity index (χ0n) is 14.9. The summed E-state index contributed by atoms with van der Waals surface area (Å²) in [4.78, 5) is 6.40. The van der Waals surface area contributed by atoms with Crippen molar-refractivity contribution in [2.45, 2.75) is 18.6 Å². The van der Waals surface area contributed by atoms with Crippen LogP contribution < -0.4 is 16.0 Å². The summed E-state index contributed by atoms with van der Waals surface area (Å²) in [5.74, 6) is 0.715. The molecule has 0 amide bonds. The second-order valence-electron chi connectivity index (χ2n) is 6.40. The maximum absolute atomic E-state index is 9.74. The number of nitrogen functional groups attached to an aromatic ring is 1. The van der Waals surface area contributed by atoms with Gasteiger partial charge in [0, 0.05) is 38.3 Å². The molecule has 27 heavy (non-hydrogen) atoms. The van der Waals surface area contributed by atoms with Crippen molar-refractivity contribution in [3.8, 4) is 11.3 Å². The zero-order chi connectivity index (χ0) is 19.4. The lowest BCUT2D eigenvalue weighted by Gasteiger charge is -2.18. The van der Waals surface area contributed by atoms with Gasteiger partial charge in [0.2, 0.25) is 5.95 Å². The Morgan fingerprint density at radius 1 is 1.41 bits per heavy atom. The van der Waals surface area contributed by atoms with E-state index < -0.39 is 6.10 Å². The first kappa shape index (κ1) is 20.0. The SMILES string of the molecule is COCC(O)CN[C@@H]1CCN(c2nnc(-c3cccc(Cl)c3Cl)c(N)n2)C1. The van der Waals surface area contributed by atoms with Crippen molar-refractivity contribution in [2.24, 2.45) is 0 Å². The summed E-state index contributed by atoms with van der Waals surface area (Å²) in [6, 6.07) is 5.47. The summed E-state index contributed by atoms with van der Waals surface area (Å²) in [5.41, 5.74) is 7.11. The van der Waals surface area contributed by atoms with Crippen LogP contribution in [0.15, 0.2) is 18.2 Å². The molecule has 1 fully saturated rings. The highest BCUT2D eigenvalue weighted by Gasteiger charge is 2.26. The quantitative estimate of drug-likeness (QED) is 0.628. The molecule has 10 heteroatoms. The largest absolute Gasteiger partial charge is 0.389 e. The number of nitrogens with one attached hydrogen (secondary N) is 1. The van der Waals surface area contributed by atoms with E-state index in [1.54, 1.807) is 25.3 Å². The second-order valence-corrected chi connectivity index (χ2v) is 7.18. The van der Waals surface area contributed by atoms with Gasteiger partial charge in [0.25, 0.3) is 0 Å². The first-order valence-electron chi connectivity index (χ1n) is 8.59. The Hall–Kier alpha value is -1.71. The van der Waals surface area contributed by atoms with E-state index in [4.69, 9.17) is 33.7 Å². The van der Waals surface area contributed by atoms with Crippen LogP contribution in [0.1, 0.15) is 6.42 Å². The number of nitrogens with two attached hydrogens (primary N) is 1. The molecule has 146 valence electrons. The highest BCUT2D eigenvalue weighted by Crippen LogP contribution is 2.34. The molecule has 1 aliphatic heterocycles. The van der Waals surface area contributed by atoms with Crippen LogP contribution in [-0.2, 0) is 4.74 Å². The third kappa shape index (κ3) is 4.77. The fraction of sp³-hybridized carbons (Fsp3) is 0.471. The summed E-state index contributed by atoms with van der Waals surface area (Å²) in [6.07, 6.45) is 0.379. The third-order valence-electron chi connectivity index (χ3n) is 4.38. The Labute approximate surface area is 167 Å². The van der Waals surface area contributed by atoms with E-state index in [1.807, 2.05) is 4.90 Å². The molecule has 0 spiro atoms. The van der Waals surface area contributed by atoms with Gasteiger partial charge in [-0.1, -0.05) is 35.3 Å². The summed E-state index contributed by atoms with van der Waals surface area (Å²) >= 11 is 12.3. The molecule has 0 saturated carbocycles. The van der Waals surface area contributed by atoms with Gasteiger partial charge in [-0.2, -0.15) is 4.98 Å². The Balaban J connectivity index is 1.67. The second kappa shape index (κ2) is 8.99. The number of halogens is 2. The smallest absolute Gasteiger partial charge is 0.247 e. The van der Waals surface area contributed by atoms with Crippen molar-refractivity contribution >= 4 is 35.0 Å². The topological polar surface area (TPSA) is 109 Å². The fourth-order valence-corrected chi connectivity index (χ4v) is 3.39. The van der Waals surface area contributed by atoms with Gasteiger partial charge in [0.15, 0.2) is 5.82 Å². The fourth-order valence-electron chi connectivity index (χ4n) is 3.00. The summed E-state index contributed by atoms with van der Waals surface area (Å²) in [7, 11) is 1.56. The molecular weight excluding hydrogens is 391 g/mol. The van der Waals surface area contributed by atoms with Crippen molar-refractivity contribution in [3.63, 3.8) is 0 Å². The Kier molecular flexibility index (Phi) is 6.67.